The van der Waals surface area contributed by atoms with Crippen molar-refractivity contribution >= 4 is 17.5 Å². The van der Waals surface area contributed by atoms with E-state index in [1.807, 2.05) is 105 Å². The van der Waals surface area contributed by atoms with Crippen LogP contribution < -0.4 is 5.32 Å². The molecular weight excluding hydrogens is 650 g/mol. The summed E-state index contributed by atoms with van der Waals surface area (Å²) in [5, 5.41) is 24.5. The predicted molar refractivity (Wildman–Crippen MR) is 190 cm³/mol. The fourth-order valence-electron chi connectivity index (χ4n) is 6.57. The van der Waals surface area contributed by atoms with Gasteiger partial charge in [0, 0.05) is 25.0 Å². The Labute approximate surface area is 299 Å². The molecule has 2 fully saturated rings. The Bertz CT molecular complexity index is 1590. The Morgan fingerprint density at radius 2 is 1.25 bits per heavy atom. The lowest BCUT2D eigenvalue weighted by Crippen LogP contribution is -2.64. The molecule has 1 aliphatic carbocycles. The van der Waals surface area contributed by atoms with Crippen LogP contribution in [0, 0.1) is 5.41 Å². The van der Waals surface area contributed by atoms with Gasteiger partial charge >= 0.3 is 5.97 Å². The second-order valence-electron chi connectivity index (χ2n) is 14.1. The molecule has 0 spiro atoms. The average Bonchev–Trinajstić information content (AvgIpc) is 3.10. The quantitative estimate of drug-likeness (QED) is 0.0886. The van der Waals surface area contributed by atoms with Crippen LogP contribution in [0.2, 0.25) is 0 Å². The number of hydrogen-bond donors (Lipinski definition) is 3. The van der Waals surface area contributed by atoms with E-state index in [4.69, 9.17) is 18.9 Å². The van der Waals surface area contributed by atoms with Crippen molar-refractivity contribution in [2.24, 2.45) is 5.41 Å². The number of carbonyl (C=O) groups is 3. The van der Waals surface area contributed by atoms with Crippen molar-refractivity contribution in [2.45, 2.75) is 103 Å². The van der Waals surface area contributed by atoms with Crippen LogP contribution in [0.25, 0.3) is 0 Å². The van der Waals surface area contributed by atoms with Gasteiger partial charge in [0.25, 0.3) is 0 Å². The predicted octanol–water partition coefficient (Wildman–Crippen LogP) is 5.91. The molecule has 0 amide bonds. The van der Waals surface area contributed by atoms with E-state index in [1.165, 1.54) is 0 Å². The lowest BCUT2D eigenvalue weighted by molar-refractivity contribution is -0.265. The van der Waals surface area contributed by atoms with E-state index in [1.54, 1.807) is 0 Å². The highest BCUT2D eigenvalue weighted by molar-refractivity contribution is 6.22. The first-order valence-electron chi connectivity index (χ1n) is 17.6. The van der Waals surface area contributed by atoms with Crippen molar-refractivity contribution in [1.29, 1.82) is 0 Å². The van der Waals surface area contributed by atoms with Crippen LogP contribution >= 0.6 is 0 Å². The highest BCUT2D eigenvalue weighted by atomic mass is 16.6. The van der Waals surface area contributed by atoms with Crippen LogP contribution in [0.4, 0.5) is 0 Å². The molecular formula is C41H49NO9. The number of unbranched alkanes of at least 4 members (excludes halogenated alkanes) is 1. The second kappa shape index (κ2) is 18.3. The van der Waals surface area contributed by atoms with Crippen molar-refractivity contribution in [1.82, 2.24) is 5.32 Å². The monoisotopic (exact) mass is 699 g/mol. The molecule has 1 heterocycles. The van der Waals surface area contributed by atoms with Crippen LogP contribution in [-0.2, 0) is 53.2 Å². The molecule has 3 N–H and O–H groups in total. The van der Waals surface area contributed by atoms with Gasteiger partial charge in [-0.05, 0) is 41.4 Å². The standard InChI is InChI=1S/C41H49NO9/c1-41(2)22-32(43)36(33(44)23-41)31(20-12-13-21-35(45)46)42-40-39(50-26-30-18-10-5-11-19-30)38(49-25-29-16-8-4-9-17-29)37(47)34(51-40)27-48-24-28-14-6-3-7-15-28/h3-11,14-19,34,37-40,42,47H,12-13,20-27H2,1-2H3,(H,45,46)/t34-,37+,38+,39-,40-/m1/s1. The summed E-state index contributed by atoms with van der Waals surface area (Å²) in [5.41, 5.74) is 2.75. The van der Waals surface area contributed by atoms with E-state index in [0.29, 0.717) is 25.1 Å². The first-order chi connectivity index (χ1) is 24.6. The number of Topliss-reactive ketones (excluding diaryl/α,β-unsaturated/α-hetero) is 2. The number of hydrogen-bond acceptors (Lipinski definition) is 9. The zero-order chi connectivity index (χ0) is 36.2. The fourth-order valence-corrected chi connectivity index (χ4v) is 6.57. The van der Waals surface area contributed by atoms with E-state index in [2.05, 4.69) is 5.32 Å². The Morgan fingerprint density at radius 3 is 1.78 bits per heavy atom. The number of aliphatic hydroxyl groups is 1. The van der Waals surface area contributed by atoms with Gasteiger partial charge in [0.1, 0.15) is 24.4 Å². The number of nitrogens with one attached hydrogen (secondary N) is 1. The van der Waals surface area contributed by atoms with E-state index < -0.39 is 42.0 Å². The summed E-state index contributed by atoms with van der Waals surface area (Å²) >= 11 is 0. The molecule has 3 aromatic carbocycles. The normalized spacial score (nSPS) is 23.2. The van der Waals surface area contributed by atoms with Crippen LogP contribution in [0.3, 0.4) is 0 Å². The summed E-state index contributed by atoms with van der Waals surface area (Å²) < 4.78 is 25.6. The summed E-state index contributed by atoms with van der Waals surface area (Å²) in [4.78, 5) is 38.5. The number of aliphatic carboxylic acids is 1. The summed E-state index contributed by atoms with van der Waals surface area (Å²) in [6.45, 7) is 4.48. The zero-order valence-corrected chi connectivity index (χ0v) is 29.4. The molecule has 10 heteroatoms. The molecule has 0 bridgehead atoms. The number of rotatable bonds is 17. The number of ketones is 2. The first-order valence-corrected chi connectivity index (χ1v) is 17.6. The number of allylic oxidation sites excluding steroid dienone is 2. The molecule has 5 rings (SSSR count). The van der Waals surface area contributed by atoms with Gasteiger partial charge in [0.05, 0.1) is 32.0 Å². The lowest BCUT2D eigenvalue weighted by atomic mass is 9.73. The Morgan fingerprint density at radius 1 is 0.765 bits per heavy atom. The maximum atomic E-state index is 13.6. The molecule has 5 atom stereocenters. The van der Waals surface area contributed by atoms with Crippen LogP contribution in [0.5, 0.6) is 0 Å². The molecule has 0 radical (unpaired) electrons. The molecule has 0 aromatic heterocycles. The number of aliphatic hydroxyl groups excluding tert-OH is 1. The highest BCUT2D eigenvalue weighted by Gasteiger charge is 2.48. The van der Waals surface area contributed by atoms with E-state index in [9.17, 15) is 24.6 Å². The van der Waals surface area contributed by atoms with Crippen molar-refractivity contribution in [2.75, 3.05) is 6.61 Å². The van der Waals surface area contributed by atoms with Gasteiger partial charge in [-0.3, -0.25) is 14.4 Å². The average molecular weight is 700 g/mol. The highest BCUT2D eigenvalue weighted by Crippen LogP contribution is 2.36. The van der Waals surface area contributed by atoms with E-state index >= 15 is 0 Å². The molecule has 1 aliphatic heterocycles. The minimum atomic E-state index is -1.16. The number of carboxylic acid groups (broad SMARTS) is 1. The second-order valence-corrected chi connectivity index (χ2v) is 14.1. The van der Waals surface area contributed by atoms with Crippen molar-refractivity contribution in [3.8, 4) is 0 Å². The summed E-state index contributed by atoms with van der Waals surface area (Å²) in [6.07, 6.45) is -3.40. The Hall–Kier alpha value is -4.19. The molecule has 1 saturated heterocycles. The molecule has 0 unspecified atom stereocenters. The van der Waals surface area contributed by atoms with Gasteiger partial charge in [-0.25, -0.2) is 0 Å². The van der Waals surface area contributed by atoms with E-state index in [-0.39, 0.29) is 62.6 Å². The van der Waals surface area contributed by atoms with Gasteiger partial charge in [-0.1, -0.05) is 105 Å². The van der Waals surface area contributed by atoms with Crippen LogP contribution in [-0.4, -0.2) is 65.0 Å². The molecule has 1 saturated carbocycles. The zero-order valence-electron chi connectivity index (χ0n) is 29.4. The topological polar surface area (TPSA) is 141 Å². The third-order valence-electron chi connectivity index (χ3n) is 9.15. The minimum absolute atomic E-state index is 0.0292. The maximum absolute atomic E-state index is 13.6. The Kier molecular flexibility index (Phi) is 13.7. The summed E-state index contributed by atoms with van der Waals surface area (Å²) in [5.74, 6) is -1.46. The number of ether oxygens (including phenoxy) is 4. The lowest BCUT2D eigenvalue weighted by Gasteiger charge is -2.45. The first kappa shape index (κ1) is 38.1. The van der Waals surface area contributed by atoms with Crippen LogP contribution in [0.1, 0.15) is 69.1 Å². The summed E-state index contributed by atoms with van der Waals surface area (Å²) in [7, 11) is 0. The smallest absolute Gasteiger partial charge is 0.303 e. The molecule has 2 aliphatic rings. The molecule has 3 aromatic rings. The SMILES string of the molecule is CC1(C)CC(=O)C(=C(CCCCC(=O)O)N[C@@H]2O[C@H](COCc3ccccc3)[C@H](O)[C@H](OCc3ccccc3)[C@H]2OCc2ccccc2)C(=O)C1. The fraction of sp³-hybridized carbons (Fsp3) is 0.439. The number of benzene rings is 3. The molecule has 272 valence electrons. The van der Waals surface area contributed by atoms with Crippen molar-refractivity contribution in [3.63, 3.8) is 0 Å². The van der Waals surface area contributed by atoms with Gasteiger partial charge in [-0.2, -0.15) is 0 Å². The third-order valence-corrected chi connectivity index (χ3v) is 9.15. The third kappa shape index (κ3) is 11.1. The van der Waals surface area contributed by atoms with E-state index in [0.717, 1.165) is 16.7 Å². The van der Waals surface area contributed by atoms with Gasteiger partial charge < -0.3 is 34.5 Å². The van der Waals surface area contributed by atoms with Gasteiger partial charge in [0.15, 0.2) is 17.8 Å². The number of carboxylic acids is 1. The molecule has 51 heavy (non-hydrogen) atoms. The van der Waals surface area contributed by atoms with Crippen molar-refractivity contribution < 1.29 is 43.5 Å². The minimum Gasteiger partial charge on any atom is -0.481 e. The van der Waals surface area contributed by atoms with Crippen molar-refractivity contribution in [3.05, 3.63) is 119 Å². The Balaban J connectivity index is 1.48. The summed E-state index contributed by atoms with van der Waals surface area (Å²) in [6, 6.07) is 28.9. The number of carbonyl (C=O) groups excluding carboxylic acids is 2. The largest absolute Gasteiger partial charge is 0.481 e. The van der Waals surface area contributed by atoms with Gasteiger partial charge in [0.2, 0.25) is 0 Å². The van der Waals surface area contributed by atoms with Crippen LogP contribution in [0.15, 0.2) is 102 Å². The molecule has 10 nitrogen and oxygen atoms in total. The van der Waals surface area contributed by atoms with Gasteiger partial charge in [-0.15, -0.1) is 0 Å². The maximum Gasteiger partial charge on any atom is 0.303 e.